The van der Waals surface area contributed by atoms with Crippen LogP contribution >= 0.6 is 0 Å². The molecular weight excluding hydrogens is 229 g/mol. The van der Waals surface area contributed by atoms with Crippen molar-refractivity contribution in [1.29, 1.82) is 5.26 Å². The van der Waals surface area contributed by atoms with Crippen molar-refractivity contribution in [3.8, 4) is 6.07 Å². The molecular formula is C15H18FNO. The van der Waals surface area contributed by atoms with E-state index in [-0.39, 0.29) is 11.2 Å². The van der Waals surface area contributed by atoms with Gasteiger partial charge in [0.15, 0.2) is 0 Å². The maximum absolute atomic E-state index is 13.7. The van der Waals surface area contributed by atoms with Crippen LogP contribution in [0.4, 0.5) is 4.39 Å². The number of ether oxygens (including phenoxy) is 1. The van der Waals surface area contributed by atoms with Gasteiger partial charge in [-0.25, -0.2) is 4.39 Å². The minimum atomic E-state index is -0.157. The van der Waals surface area contributed by atoms with E-state index >= 15 is 0 Å². The molecule has 0 N–H and O–H groups in total. The lowest BCUT2D eigenvalue weighted by Crippen LogP contribution is -2.34. The van der Waals surface area contributed by atoms with Gasteiger partial charge in [-0.2, -0.15) is 5.26 Å². The van der Waals surface area contributed by atoms with Crippen molar-refractivity contribution in [2.24, 2.45) is 0 Å². The molecule has 1 heterocycles. The number of hydrogen-bond donors (Lipinski definition) is 0. The summed E-state index contributed by atoms with van der Waals surface area (Å²) in [5.74, 6) is -0.157. The van der Waals surface area contributed by atoms with Crippen LogP contribution in [0.2, 0.25) is 0 Å². The van der Waals surface area contributed by atoms with Gasteiger partial charge in [-0.1, -0.05) is 12.1 Å². The van der Waals surface area contributed by atoms with Crippen molar-refractivity contribution in [2.75, 3.05) is 13.2 Å². The van der Waals surface area contributed by atoms with Gasteiger partial charge in [-0.3, -0.25) is 0 Å². The quantitative estimate of drug-likeness (QED) is 0.819. The van der Waals surface area contributed by atoms with Gasteiger partial charge in [0.25, 0.3) is 0 Å². The standard InChI is InChI=1S/C15H18FNO/c1-12-3-4-13(11-14(12)16)15(5-2-8-17)6-9-18-10-7-15/h3-4,11H,2,5-7,9-10H2,1H3. The maximum Gasteiger partial charge on any atom is 0.126 e. The smallest absolute Gasteiger partial charge is 0.126 e. The fourth-order valence-corrected chi connectivity index (χ4v) is 2.66. The Labute approximate surface area is 107 Å². The minimum absolute atomic E-state index is 0.0808. The van der Waals surface area contributed by atoms with Crippen molar-refractivity contribution in [3.63, 3.8) is 0 Å². The molecule has 0 radical (unpaired) electrons. The zero-order chi connectivity index (χ0) is 13.0. The summed E-state index contributed by atoms with van der Waals surface area (Å²) in [5, 5.41) is 8.80. The second kappa shape index (κ2) is 5.49. The van der Waals surface area contributed by atoms with E-state index in [9.17, 15) is 4.39 Å². The molecule has 0 amide bonds. The lowest BCUT2D eigenvalue weighted by Gasteiger charge is -2.37. The number of nitriles is 1. The van der Waals surface area contributed by atoms with Crippen molar-refractivity contribution < 1.29 is 9.13 Å². The van der Waals surface area contributed by atoms with Gasteiger partial charge in [-0.05, 0) is 43.4 Å². The summed E-state index contributed by atoms with van der Waals surface area (Å²) in [4.78, 5) is 0. The van der Waals surface area contributed by atoms with Gasteiger partial charge in [0.2, 0.25) is 0 Å². The van der Waals surface area contributed by atoms with Gasteiger partial charge in [-0.15, -0.1) is 0 Å². The van der Waals surface area contributed by atoms with Gasteiger partial charge in [0.05, 0.1) is 6.07 Å². The Morgan fingerprint density at radius 1 is 1.39 bits per heavy atom. The first-order valence-electron chi connectivity index (χ1n) is 6.39. The average Bonchev–Trinajstić information content (AvgIpc) is 2.40. The van der Waals surface area contributed by atoms with Crippen LogP contribution in [0.15, 0.2) is 18.2 Å². The van der Waals surface area contributed by atoms with E-state index in [1.54, 1.807) is 13.0 Å². The van der Waals surface area contributed by atoms with Gasteiger partial charge in [0.1, 0.15) is 5.82 Å². The van der Waals surface area contributed by atoms with E-state index in [0.29, 0.717) is 25.2 Å². The van der Waals surface area contributed by atoms with E-state index in [1.165, 1.54) is 0 Å². The Morgan fingerprint density at radius 2 is 2.11 bits per heavy atom. The number of benzene rings is 1. The molecule has 1 saturated heterocycles. The highest BCUT2D eigenvalue weighted by atomic mass is 19.1. The average molecular weight is 247 g/mol. The molecule has 1 aromatic carbocycles. The summed E-state index contributed by atoms with van der Waals surface area (Å²) >= 11 is 0. The molecule has 18 heavy (non-hydrogen) atoms. The van der Waals surface area contributed by atoms with Crippen LogP contribution in [0, 0.1) is 24.1 Å². The SMILES string of the molecule is Cc1ccc(C2(CCC#N)CCOCC2)cc1F. The summed E-state index contributed by atoms with van der Waals surface area (Å²) in [5.41, 5.74) is 1.60. The number of halogens is 1. The van der Waals surface area contributed by atoms with Crippen LogP contribution in [-0.2, 0) is 10.2 Å². The lowest BCUT2D eigenvalue weighted by molar-refractivity contribution is 0.0472. The van der Waals surface area contributed by atoms with Crippen LogP contribution in [0.1, 0.15) is 36.8 Å². The second-order valence-corrected chi connectivity index (χ2v) is 5.01. The van der Waals surface area contributed by atoms with Crippen molar-refractivity contribution in [1.82, 2.24) is 0 Å². The predicted octanol–water partition coefficient (Wildman–Crippen LogP) is 3.49. The van der Waals surface area contributed by atoms with E-state index in [4.69, 9.17) is 10.00 Å². The first-order chi connectivity index (χ1) is 8.68. The van der Waals surface area contributed by atoms with Crippen molar-refractivity contribution in [3.05, 3.63) is 35.1 Å². The Hall–Kier alpha value is -1.40. The molecule has 1 aromatic rings. The third kappa shape index (κ3) is 2.54. The van der Waals surface area contributed by atoms with Gasteiger partial charge in [0, 0.05) is 25.0 Å². The van der Waals surface area contributed by atoms with E-state index in [1.807, 2.05) is 12.1 Å². The second-order valence-electron chi connectivity index (χ2n) is 5.01. The van der Waals surface area contributed by atoms with E-state index in [0.717, 1.165) is 24.8 Å². The molecule has 1 aliphatic heterocycles. The minimum Gasteiger partial charge on any atom is -0.381 e. The number of aryl methyl sites for hydroxylation is 1. The summed E-state index contributed by atoms with van der Waals surface area (Å²) in [7, 11) is 0. The highest BCUT2D eigenvalue weighted by Crippen LogP contribution is 2.39. The lowest BCUT2D eigenvalue weighted by atomic mass is 9.71. The Balaban J connectivity index is 2.32. The first-order valence-corrected chi connectivity index (χ1v) is 6.39. The fourth-order valence-electron chi connectivity index (χ4n) is 2.66. The number of nitrogens with zero attached hydrogens (tertiary/aromatic N) is 1. The van der Waals surface area contributed by atoms with Gasteiger partial charge >= 0.3 is 0 Å². The molecule has 0 aromatic heterocycles. The largest absolute Gasteiger partial charge is 0.381 e. The summed E-state index contributed by atoms with van der Waals surface area (Å²) in [6.45, 7) is 3.16. The first kappa shape index (κ1) is 13.0. The van der Waals surface area contributed by atoms with E-state index in [2.05, 4.69) is 6.07 Å². The van der Waals surface area contributed by atoms with Gasteiger partial charge < -0.3 is 4.74 Å². The molecule has 1 fully saturated rings. The van der Waals surface area contributed by atoms with Crippen LogP contribution < -0.4 is 0 Å². The van der Waals surface area contributed by atoms with Crippen LogP contribution in [0.25, 0.3) is 0 Å². The molecule has 0 aliphatic carbocycles. The Bertz CT molecular complexity index is 458. The zero-order valence-electron chi connectivity index (χ0n) is 10.7. The Morgan fingerprint density at radius 3 is 2.72 bits per heavy atom. The predicted molar refractivity (Wildman–Crippen MR) is 67.7 cm³/mol. The normalized spacial score (nSPS) is 18.3. The summed E-state index contributed by atoms with van der Waals surface area (Å²) < 4.78 is 19.1. The van der Waals surface area contributed by atoms with E-state index < -0.39 is 0 Å². The molecule has 0 spiro atoms. The number of rotatable bonds is 3. The van der Waals surface area contributed by atoms with Crippen molar-refractivity contribution >= 4 is 0 Å². The monoisotopic (exact) mass is 247 g/mol. The molecule has 96 valence electrons. The molecule has 0 bridgehead atoms. The molecule has 2 nitrogen and oxygen atoms in total. The molecule has 0 unspecified atom stereocenters. The molecule has 2 rings (SSSR count). The van der Waals surface area contributed by atoms with Crippen LogP contribution in [-0.4, -0.2) is 13.2 Å². The maximum atomic E-state index is 13.7. The Kier molecular flexibility index (Phi) is 3.98. The third-order valence-corrected chi connectivity index (χ3v) is 3.95. The molecule has 3 heteroatoms. The third-order valence-electron chi connectivity index (χ3n) is 3.95. The zero-order valence-corrected chi connectivity index (χ0v) is 10.7. The summed E-state index contributed by atoms with van der Waals surface area (Å²) in [6.07, 6.45) is 3.04. The topological polar surface area (TPSA) is 33.0 Å². The molecule has 0 saturated carbocycles. The van der Waals surface area contributed by atoms with Crippen LogP contribution in [0.3, 0.4) is 0 Å². The highest BCUT2D eigenvalue weighted by Gasteiger charge is 2.34. The molecule has 0 atom stereocenters. The molecule has 1 aliphatic rings. The van der Waals surface area contributed by atoms with Crippen molar-refractivity contribution in [2.45, 2.75) is 38.0 Å². The summed E-state index contributed by atoms with van der Waals surface area (Å²) in [6, 6.07) is 7.67. The highest BCUT2D eigenvalue weighted by molar-refractivity contribution is 5.30. The fraction of sp³-hybridized carbons (Fsp3) is 0.533. The number of hydrogen-bond acceptors (Lipinski definition) is 2. The van der Waals surface area contributed by atoms with Crippen LogP contribution in [0.5, 0.6) is 0 Å².